The van der Waals surface area contributed by atoms with Gasteiger partial charge in [-0.25, -0.2) is 9.18 Å². The van der Waals surface area contributed by atoms with Gasteiger partial charge in [-0.05, 0) is 36.9 Å². The molecule has 0 unspecified atom stereocenters. The van der Waals surface area contributed by atoms with Crippen LogP contribution in [0.4, 0.5) is 4.39 Å². The number of nitrogens with two attached hydrogens (primary N) is 1. The summed E-state index contributed by atoms with van der Waals surface area (Å²) in [6.07, 6.45) is 0. The fraction of sp³-hybridized carbons (Fsp3) is 0.250. The van der Waals surface area contributed by atoms with Crippen LogP contribution < -0.4 is 5.73 Å². The van der Waals surface area contributed by atoms with Crippen LogP contribution in [-0.2, 0) is 16.1 Å². The highest BCUT2D eigenvalue weighted by atomic mass is 32.1. The van der Waals surface area contributed by atoms with E-state index in [0.29, 0.717) is 17.0 Å². The van der Waals surface area contributed by atoms with Gasteiger partial charge in [0.1, 0.15) is 16.7 Å². The minimum Gasteiger partial charge on any atom is -0.465 e. The molecule has 0 aliphatic heterocycles. The molecule has 1 atom stereocenters. The van der Waals surface area contributed by atoms with Crippen LogP contribution >= 0.6 is 11.3 Å². The molecule has 2 rings (SSSR count). The van der Waals surface area contributed by atoms with Crippen molar-refractivity contribution in [3.63, 3.8) is 0 Å². The molecule has 0 aliphatic carbocycles. The first-order valence-electron chi connectivity index (χ1n) is 6.84. The molecular formula is C16H17FN2O3S. The van der Waals surface area contributed by atoms with Crippen molar-refractivity contribution < 1.29 is 18.7 Å². The van der Waals surface area contributed by atoms with Gasteiger partial charge in [-0.1, -0.05) is 12.1 Å². The quantitative estimate of drug-likeness (QED) is 0.822. The minimum absolute atomic E-state index is 0.395. The van der Waals surface area contributed by atoms with Gasteiger partial charge in [-0.15, -0.1) is 11.3 Å². The van der Waals surface area contributed by atoms with Crippen molar-refractivity contribution in [2.24, 2.45) is 5.73 Å². The number of thiophene rings is 1. The van der Waals surface area contributed by atoms with Gasteiger partial charge >= 0.3 is 5.97 Å². The molecule has 122 valence electrons. The van der Waals surface area contributed by atoms with E-state index < -0.39 is 23.7 Å². The summed E-state index contributed by atoms with van der Waals surface area (Å²) in [7, 11) is 3.04. The predicted molar refractivity (Wildman–Crippen MR) is 85.5 cm³/mol. The third kappa shape index (κ3) is 4.14. The van der Waals surface area contributed by atoms with E-state index in [2.05, 4.69) is 4.74 Å². The Labute approximate surface area is 137 Å². The summed E-state index contributed by atoms with van der Waals surface area (Å²) in [6, 6.07) is 8.49. The number of hydrogen-bond donors (Lipinski definition) is 1. The first-order valence-corrected chi connectivity index (χ1v) is 7.66. The van der Waals surface area contributed by atoms with Crippen LogP contribution in [0.15, 0.2) is 36.4 Å². The van der Waals surface area contributed by atoms with Crippen LogP contribution in [0.25, 0.3) is 0 Å². The zero-order chi connectivity index (χ0) is 17.0. The first-order chi connectivity index (χ1) is 10.9. The van der Waals surface area contributed by atoms with E-state index >= 15 is 0 Å². The molecule has 1 heterocycles. The van der Waals surface area contributed by atoms with Gasteiger partial charge in [0.05, 0.1) is 7.11 Å². The third-order valence-electron chi connectivity index (χ3n) is 3.33. The maximum absolute atomic E-state index is 13.4. The van der Waals surface area contributed by atoms with Crippen LogP contribution in [0.1, 0.15) is 26.2 Å². The Hall–Kier alpha value is -2.25. The molecule has 0 radical (unpaired) electrons. The normalized spacial score (nSPS) is 12.2. The molecule has 7 heteroatoms. The number of likely N-dealkylation sites (N-methyl/N-ethyl adjacent to an activating group) is 1. The van der Waals surface area contributed by atoms with Gasteiger partial charge in [0, 0.05) is 11.4 Å². The SMILES string of the molecule is COC(=O)c1ccc(CN(C)[C@@H](C(N)=O)c2cccc(F)c2)s1. The molecule has 1 amide bonds. The van der Waals surface area contributed by atoms with E-state index in [-0.39, 0.29) is 0 Å². The Morgan fingerprint density at radius 1 is 1.35 bits per heavy atom. The number of carbonyl (C=O) groups is 2. The highest BCUT2D eigenvalue weighted by molar-refractivity contribution is 7.13. The van der Waals surface area contributed by atoms with E-state index in [9.17, 15) is 14.0 Å². The lowest BCUT2D eigenvalue weighted by Gasteiger charge is -2.25. The first kappa shape index (κ1) is 17.1. The van der Waals surface area contributed by atoms with Gasteiger partial charge < -0.3 is 10.5 Å². The van der Waals surface area contributed by atoms with Crippen LogP contribution in [0.3, 0.4) is 0 Å². The maximum Gasteiger partial charge on any atom is 0.348 e. The van der Waals surface area contributed by atoms with Gasteiger partial charge in [-0.2, -0.15) is 0 Å². The summed E-state index contributed by atoms with van der Waals surface area (Å²) in [5.74, 6) is -1.39. The molecule has 0 aliphatic rings. The number of rotatable bonds is 6. The second kappa shape index (κ2) is 7.34. The van der Waals surface area contributed by atoms with Crippen molar-refractivity contribution in [2.45, 2.75) is 12.6 Å². The number of hydrogen-bond acceptors (Lipinski definition) is 5. The Bertz CT molecular complexity index is 717. The molecule has 1 aromatic carbocycles. The third-order valence-corrected chi connectivity index (χ3v) is 4.38. The summed E-state index contributed by atoms with van der Waals surface area (Å²) in [6.45, 7) is 0.395. The molecule has 2 N–H and O–H groups in total. The number of ether oxygens (including phenoxy) is 1. The molecule has 0 spiro atoms. The summed E-state index contributed by atoms with van der Waals surface area (Å²) >= 11 is 1.28. The van der Waals surface area contributed by atoms with Crippen molar-refractivity contribution >= 4 is 23.2 Å². The number of methoxy groups -OCH3 is 1. The second-order valence-corrected chi connectivity index (χ2v) is 6.20. The molecular weight excluding hydrogens is 319 g/mol. The number of primary amides is 1. The average Bonchev–Trinajstić information content (AvgIpc) is 2.94. The largest absolute Gasteiger partial charge is 0.465 e. The summed E-state index contributed by atoms with van der Waals surface area (Å²) in [5, 5.41) is 0. The summed E-state index contributed by atoms with van der Waals surface area (Å²) in [4.78, 5) is 26.3. The van der Waals surface area contributed by atoms with E-state index in [4.69, 9.17) is 5.73 Å². The van der Waals surface area contributed by atoms with Crippen molar-refractivity contribution in [3.05, 3.63) is 57.5 Å². The molecule has 5 nitrogen and oxygen atoms in total. The highest BCUT2D eigenvalue weighted by Crippen LogP contribution is 2.25. The Balaban J connectivity index is 2.19. The zero-order valence-corrected chi connectivity index (χ0v) is 13.6. The molecule has 23 heavy (non-hydrogen) atoms. The Morgan fingerprint density at radius 3 is 2.70 bits per heavy atom. The lowest BCUT2D eigenvalue weighted by atomic mass is 10.0. The fourth-order valence-corrected chi connectivity index (χ4v) is 3.31. The number of amides is 1. The van der Waals surface area contributed by atoms with E-state index in [0.717, 1.165) is 4.88 Å². The number of nitrogens with zero attached hydrogens (tertiary/aromatic N) is 1. The van der Waals surface area contributed by atoms with Crippen LogP contribution in [0.5, 0.6) is 0 Å². The highest BCUT2D eigenvalue weighted by Gasteiger charge is 2.24. The fourth-order valence-electron chi connectivity index (χ4n) is 2.32. The van der Waals surface area contributed by atoms with Crippen molar-refractivity contribution in [1.29, 1.82) is 0 Å². The standard InChI is InChI=1S/C16H17FN2O3S/c1-19(9-12-6-7-13(23-12)16(21)22-2)14(15(18)20)10-4-3-5-11(17)8-10/h3-8,14H,9H2,1-2H3,(H2,18,20)/t14-/m1/s1. The molecule has 0 saturated heterocycles. The van der Waals surface area contributed by atoms with Gasteiger partial charge in [0.2, 0.25) is 5.91 Å². The van der Waals surface area contributed by atoms with Crippen molar-refractivity contribution in [1.82, 2.24) is 4.90 Å². The minimum atomic E-state index is -0.755. The lowest BCUT2D eigenvalue weighted by Crippen LogP contribution is -2.34. The van der Waals surface area contributed by atoms with E-state index in [1.807, 2.05) is 0 Å². The smallest absolute Gasteiger partial charge is 0.348 e. The van der Waals surface area contributed by atoms with E-state index in [1.165, 1.54) is 36.6 Å². The van der Waals surface area contributed by atoms with Crippen LogP contribution in [0.2, 0.25) is 0 Å². The number of carbonyl (C=O) groups excluding carboxylic acids is 2. The summed E-state index contributed by atoms with van der Waals surface area (Å²) in [5.41, 5.74) is 5.97. The van der Waals surface area contributed by atoms with Crippen LogP contribution in [-0.4, -0.2) is 30.9 Å². The zero-order valence-electron chi connectivity index (χ0n) is 12.8. The molecule has 0 bridgehead atoms. The molecule has 0 saturated carbocycles. The molecule has 2 aromatic rings. The summed E-state index contributed by atoms with van der Waals surface area (Å²) < 4.78 is 18.1. The van der Waals surface area contributed by atoms with Crippen molar-refractivity contribution in [2.75, 3.05) is 14.2 Å². The van der Waals surface area contributed by atoms with Gasteiger partial charge in [0.25, 0.3) is 0 Å². The monoisotopic (exact) mass is 336 g/mol. The topological polar surface area (TPSA) is 72.6 Å². The number of esters is 1. The van der Waals surface area contributed by atoms with Gasteiger partial charge in [-0.3, -0.25) is 9.69 Å². The maximum atomic E-state index is 13.4. The lowest BCUT2D eigenvalue weighted by molar-refractivity contribution is -0.123. The molecule has 1 aromatic heterocycles. The Morgan fingerprint density at radius 2 is 2.09 bits per heavy atom. The predicted octanol–water partition coefficient (Wildman–Crippen LogP) is 2.33. The Kier molecular flexibility index (Phi) is 5.46. The van der Waals surface area contributed by atoms with Crippen molar-refractivity contribution in [3.8, 4) is 0 Å². The second-order valence-electron chi connectivity index (χ2n) is 5.03. The molecule has 0 fully saturated rings. The average molecular weight is 336 g/mol. The van der Waals surface area contributed by atoms with Gasteiger partial charge in [0.15, 0.2) is 0 Å². The number of halogens is 1. The van der Waals surface area contributed by atoms with Crippen LogP contribution in [0, 0.1) is 5.82 Å². The van der Waals surface area contributed by atoms with E-state index in [1.54, 1.807) is 30.1 Å². The number of benzene rings is 1.